The minimum Gasteiger partial charge on any atom is -0.484 e. The van der Waals surface area contributed by atoms with Crippen molar-refractivity contribution in [3.63, 3.8) is 0 Å². The summed E-state index contributed by atoms with van der Waals surface area (Å²) < 4.78 is 8.45. The van der Waals surface area contributed by atoms with Gasteiger partial charge in [-0.2, -0.15) is 0 Å². The van der Waals surface area contributed by atoms with Gasteiger partial charge in [-0.1, -0.05) is 29.4 Å². The van der Waals surface area contributed by atoms with Crippen molar-refractivity contribution in [2.45, 2.75) is 32.2 Å². The summed E-state index contributed by atoms with van der Waals surface area (Å²) in [5.41, 5.74) is 1.82. The number of carbonyl (C=O) groups is 1. The Labute approximate surface area is 163 Å². The molecule has 1 aromatic carbocycles. The van der Waals surface area contributed by atoms with Crippen molar-refractivity contribution in [2.75, 3.05) is 5.75 Å². The maximum Gasteiger partial charge on any atom is 0.313 e. The first-order valence-electron chi connectivity index (χ1n) is 7.30. The van der Waals surface area contributed by atoms with Crippen molar-refractivity contribution in [3.8, 4) is 5.75 Å². The number of ether oxygens (including phenoxy) is 1. The highest BCUT2D eigenvalue weighted by Gasteiger charge is 2.16. The second-order valence-corrected chi connectivity index (χ2v) is 7.33. The Kier molecular flexibility index (Phi) is 6.92. The van der Waals surface area contributed by atoms with Crippen LogP contribution in [0.2, 0.25) is 5.02 Å². The maximum atomic E-state index is 10.7. The molecule has 0 atom stereocenters. The number of halogens is 2. The molecule has 0 bridgehead atoms. The number of rotatable bonds is 8. The van der Waals surface area contributed by atoms with Crippen LogP contribution in [0, 0.1) is 13.8 Å². The molecule has 0 aliphatic heterocycles. The molecule has 0 spiro atoms. The van der Waals surface area contributed by atoms with E-state index in [-0.39, 0.29) is 12.4 Å². The van der Waals surface area contributed by atoms with Gasteiger partial charge < -0.3 is 9.84 Å². The zero-order valence-electron chi connectivity index (χ0n) is 13.8. The molecule has 1 N–H and O–H groups in total. The molecule has 0 unspecified atom stereocenters. The normalized spacial score (nSPS) is 10.7. The zero-order chi connectivity index (χ0) is 18.6. The average molecular weight is 447 g/mol. The van der Waals surface area contributed by atoms with Crippen LogP contribution in [0.25, 0.3) is 0 Å². The summed E-state index contributed by atoms with van der Waals surface area (Å²) in [6.45, 7) is 8.19. The molecule has 134 valence electrons. The topological polar surface area (TPSA) is 77.2 Å². The van der Waals surface area contributed by atoms with Gasteiger partial charge in [0.05, 0.1) is 10.2 Å². The largest absolute Gasteiger partial charge is 0.484 e. The molecule has 1 heterocycles. The first-order valence-corrected chi connectivity index (χ1v) is 9.46. The smallest absolute Gasteiger partial charge is 0.313 e. The number of carboxylic acids is 1. The molecular weight excluding hydrogens is 430 g/mol. The van der Waals surface area contributed by atoms with Crippen molar-refractivity contribution in [1.82, 2.24) is 14.8 Å². The van der Waals surface area contributed by atoms with Gasteiger partial charge in [-0.3, -0.25) is 9.36 Å². The van der Waals surface area contributed by atoms with E-state index in [1.807, 2.05) is 19.9 Å². The van der Waals surface area contributed by atoms with E-state index in [0.29, 0.717) is 28.3 Å². The summed E-state index contributed by atoms with van der Waals surface area (Å²) in [4.78, 5) is 10.7. The Balaban J connectivity index is 2.20. The average Bonchev–Trinajstić information content (AvgIpc) is 2.95. The molecule has 25 heavy (non-hydrogen) atoms. The summed E-state index contributed by atoms with van der Waals surface area (Å²) >= 11 is 10.8. The predicted octanol–water partition coefficient (Wildman–Crippen LogP) is 4.25. The quantitative estimate of drug-likeness (QED) is 0.482. The van der Waals surface area contributed by atoms with E-state index in [4.69, 9.17) is 21.4 Å². The van der Waals surface area contributed by atoms with Gasteiger partial charge in [0.2, 0.25) is 0 Å². The van der Waals surface area contributed by atoms with Crippen LogP contribution in [0.3, 0.4) is 0 Å². The van der Waals surface area contributed by atoms with Gasteiger partial charge >= 0.3 is 5.97 Å². The van der Waals surface area contributed by atoms with Crippen LogP contribution in [-0.2, 0) is 17.9 Å². The summed E-state index contributed by atoms with van der Waals surface area (Å²) in [5, 5.41) is 18.2. The van der Waals surface area contributed by atoms with Crippen LogP contribution < -0.4 is 4.74 Å². The molecule has 9 heteroatoms. The number of thioether (sulfide) groups is 1. The minimum absolute atomic E-state index is 0.0861. The number of nitrogens with zero attached hydrogens (tertiary/aromatic N) is 3. The number of benzene rings is 1. The second kappa shape index (κ2) is 8.73. The van der Waals surface area contributed by atoms with E-state index in [0.717, 1.165) is 27.4 Å². The molecule has 1 aromatic heterocycles. The van der Waals surface area contributed by atoms with E-state index in [1.54, 1.807) is 10.6 Å². The Hall–Kier alpha value is -1.51. The third-order valence-electron chi connectivity index (χ3n) is 3.36. The first-order chi connectivity index (χ1) is 11.8. The van der Waals surface area contributed by atoms with E-state index >= 15 is 0 Å². The highest BCUT2D eigenvalue weighted by Crippen LogP contribution is 2.36. The highest BCUT2D eigenvalue weighted by atomic mass is 79.9. The monoisotopic (exact) mass is 445 g/mol. The van der Waals surface area contributed by atoms with Crippen molar-refractivity contribution >= 4 is 45.3 Å². The second-order valence-electron chi connectivity index (χ2n) is 5.21. The number of aryl methyl sites for hydroxylation is 1. The maximum absolute atomic E-state index is 10.7. The van der Waals surface area contributed by atoms with Gasteiger partial charge in [-0.15, -0.1) is 16.8 Å². The number of hydrogen-bond donors (Lipinski definition) is 1. The number of aromatic nitrogens is 3. The number of hydrogen-bond acceptors (Lipinski definition) is 5. The standard InChI is InChI=1S/C16H17BrClN3O3S/c1-4-5-21-12(19-20-16(21)25-8-13(22)23)7-24-11-6-9(2)15(18)10(3)14(11)17/h4,6H,1,5,7-8H2,2-3H3,(H,22,23). The molecule has 2 aromatic rings. The summed E-state index contributed by atoms with van der Waals surface area (Å²) in [6.07, 6.45) is 1.70. The van der Waals surface area contributed by atoms with Crippen LogP contribution in [0.4, 0.5) is 0 Å². The van der Waals surface area contributed by atoms with Crippen LogP contribution in [0.1, 0.15) is 17.0 Å². The molecule has 0 saturated heterocycles. The van der Waals surface area contributed by atoms with Crippen LogP contribution in [0.5, 0.6) is 5.75 Å². The SMILES string of the molecule is C=CCn1c(COc2cc(C)c(Cl)c(C)c2Br)nnc1SCC(=O)O. The highest BCUT2D eigenvalue weighted by molar-refractivity contribution is 9.10. The number of carboxylic acid groups (broad SMARTS) is 1. The molecule has 6 nitrogen and oxygen atoms in total. The molecular formula is C16H17BrClN3O3S. The van der Waals surface area contributed by atoms with Crippen molar-refractivity contribution in [3.05, 3.63) is 45.2 Å². The van der Waals surface area contributed by atoms with Gasteiger partial charge in [0, 0.05) is 11.6 Å². The van der Waals surface area contributed by atoms with Gasteiger partial charge in [0.1, 0.15) is 12.4 Å². The molecule has 0 radical (unpaired) electrons. The van der Waals surface area contributed by atoms with Gasteiger partial charge in [0.15, 0.2) is 11.0 Å². The van der Waals surface area contributed by atoms with Gasteiger partial charge in [0.25, 0.3) is 0 Å². The lowest BCUT2D eigenvalue weighted by Gasteiger charge is -2.13. The Morgan fingerprint density at radius 2 is 2.24 bits per heavy atom. The van der Waals surface area contributed by atoms with E-state index in [9.17, 15) is 4.79 Å². The van der Waals surface area contributed by atoms with E-state index in [2.05, 4.69) is 32.7 Å². The third kappa shape index (κ3) is 4.77. The summed E-state index contributed by atoms with van der Waals surface area (Å²) in [7, 11) is 0. The van der Waals surface area contributed by atoms with Gasteiger partial charge in [-0.25, -0.2) is 0 Å². The lowest BCUT2D eigenvalue weighted by Crippen LogP contribution is -2.09. The summed E-state index contributed by atoms with van der Waals surface area (Å²) in [5.74, 6) is 0.251. The Morgan fingerprint density at radius 1 is 1.52 bits per heavy atom. The van der Waals surface area contributed by atoms with Crippen LogP contribution in [-0.4, -0.2) is 31.6 Å². The molecule has 0 aliphatic carbocycles. The first kappa shape index (κ1) is 19.8. The fourth-order valence-electron chi connectivity index (χ4n) is 2.12. The minimum atomic E-state index is -0.910. The fraction of sp³-hybridized carbons (Fsp3) is 0.312. The predicted molar refractivity (Wildman–Crippen MR) is 102 cm³/mol. The van der Waals surface area contributed by atoms with Crippen molar-refractivity contribution < 1.29 is 14.6 Å². The van der Waals surface area contributed by atoms with Crippen LogP contribution >= 0.6 is 39.3 Å². The Morgan fingerprint density at radius 3 is 2.88 bits per heavy atom. The third-order valence-corrected chi connectivity index (χ3v) is 5.87. The van der Waals surface area contributed by atoms with Gasteiger partial charge in [-0.05, 0) is 47.0 Å². The number of aliphatic carboxylic acids is 1. The zero-order valence-corrected chi connectivity index (χ0v) is 16.9. The van der Waals surface area contributed by atoms with E-state index in [1.165, 1.54) is 0 Å². The van der Waals surface area contributed by atoms with Crippen molar-refractivity contribution in [1.29, 1.82) is 0 Å². The molecule has 0 saturated carbocycles. The summed E-state index contributed by atoms with van der Waals surface area (Å²) in [6, 6.07) is 1.85. The molecule has 0 amide bonds. The molecule has 0 fully saturated rings. The number of allylic oxidation sites excluding steroid dienone is 1. The molecule has 2 rings (SSSR count). The lowest BCUT2D eigenvalue weighted by atomic mass is 10.1. The van der Waals surface area contributed by atoms with Crippen molar-refractivity contribution in [2.24, 2.45) is 0 Å². The lowest BCUT2D eigenvalue weighted by molar-refractivity contribution is -0.133. The Bertz CT molecular complexity index is 810. The van der Waals surface area contributed by atoms with E-state index < -0.39 is 5.97 Å². The molecule has 0 aliphatic rings. The van der Waals surface area contributed by atoms with Crippen LogP contribution in [0.15, 0.2) is 28.4 Å². The fourth-order valence-corrected chi connectivity index (χ4v) is 3.50.